The normalized spacial score (nSPS) is 10.4. The number of aromatic amines is 1. The molecule has 3 rings (SSSR count). The van der Waals surface area contributed by atoms with Gasteiger partial charge in [0.25, 0.3) is 0 Å². The van der Waals surface area contributed by atoms with Gasteiger partial charge in [0, 0.05) is 18.1 Å². The number of hydrogen-bond donors (Lipinski definition) is 3. The molecule has 0 aliphatic carbocycles. The van der Waals surface area contributed by atoms with E-state index in [4.69, 9.17) is 5.73 Å². The fourth-order valence-electron chi connectivity index (χ4n) is 1.88. The van der Waals surface area contributed by atoms with Gasteiger partial charge in [-0.2, -0.15) is 0 Å². The molecule has 4 nitrogen and oxygen atoms in total. The third-order valence-electron chi connectivity index (χ3n) is 2.78. The van der Waals surface area contributed by atoms with E-state index in [0.29, 0.717) is 0 Å². The smallest absolute Gasteiger partial charge is 0.0858 e. The van der Waals surface area contributed by atoms with Gasteiger partial charge in [-0.25, -0.2) is 0 Å². The first-order valence-corrected chi connectivity index (χ1v) is 5.76. The molecule has 90 valence electrons. The molecule has 3 aromatic rings. The van der Waals surface area contributed by atoms with Crippen LogP contribution < -0.4 is 11.2 Å². The number of nitrogens with one attached hydrogen (secondary N) is 2. The van der Waals surface area contributed by atoms with E-state index in [1.54, 1.807) is 0 Å². The van der Waals surface area contributed by atoms with Crippen molar-refractivity contribution in [3.8, 4) is 11.4 Å². The lowest BCUT2D eigenvalue weighted by Crippen LogP contribution is -2.08. The second-order valence-electron chi connectivity index (χ2n) is 4.08. The highest BCUT2D eigenvalue weighted by atomic mass is 15.4. The van der Waals surface area contributed by atoms with E-state index in [2.05, 4.69) is 16.5 Å². The minimum absolute atomic E-state index is 0.762. The van der Waals surface area contributed by atoms with Crippen LogP contribution in [-0.2, 0) is 0 Å². The number of rotatable bonds is 3. The number of hydrogen-bond acceptors (Lipinski definition) is 2. The molecule has 0 spiro atoms. The first-order chi connectivity index (χ1) is 8.83. The van der Waals surface area contributed by atoms with Crippen LogP contribution in [0, 0.1) is 0 Å². The standard InChI is InChI=1S/C14H14N4/c15-11-5-7-12(8-6-11)17-18-10-2-4-14(18)13-3-1-9-16-13/h1-10,16-17H,15H2. The Morgan fingerprint density at radius 1 is 1.00 bits per heavy atom. The maximum Gasteiger partial charge on any atom is 0.0858 e. The van der Waals surface area contributed by atoms with Gasteiger partial charge >= 0.3 is 0 Å². The van der Waals surface area contributed by atoms with Crippen LogP contribution in [0.15, 0.2) is 60.9 Å². The molecule has 0 bridgehead atoms. The summed E-state index contributed by atoms with van der Waals surface area (Å²) in [6.07, 6.45) is 3.89. The van der Waals surface area contributed by atoms with Crippen LogP contribution in [0.3, 0.4) is 0 Å². The molecule has 4 N–H and O–H groups in total. The molecule has 0 radical (unpaired) electrons. The lowest BCUT2D eigenvalue weighted by molar-refractivity contribution is 0.974. The van der Waals surface area contributed by atoms with Crippen LogP contribution >= 0.6 is 0 Å². The van der Waals surface area contributed by atoms with Crippen LogP contribution in [-0.4, -0.2) is 9.66 Å². The van der Waals surface area contributed by atoms with Gasteiger partial charge in [0.05, 0.1) is 17.1 Å². The van der Waals surface area contributed by atoms with Crippen molar-refractivity contribution in [1.29, 1.82) is 0 Å². The molecule has 0 unspecified atom stereocenters. The van der Waals surface area contributed by atoms with E-state index >= 15 is 0 Å². The van der Waals surface area contributed by atoms with Crippen molar-refractivity contribution >= 4 is 11.4 Å². The van der Waals surface area contributed by atoms with Gasteiger partial charge in [0.1, 0.15) is 0 Å². The lowest BCUT2D eigenvalue weighted by atomic mass is 10.3. The SMILES string of the molecule is Nc1ccc(Nn2cccc2-c2ccc[nH]2)cc1. The molecule has 0 aliphatic rings. The summed E-state index contributed by atoms with van der Waals surface area (Å²) in [5.74, 6) is 0. The van der Waals surface area contributed by atoms with Crippen molar-refractivity contribution in [1.82, 2.24) is 9.66 Å². The molecule has 0 amide bonds. The number of benzene rings is 1. The zero-order valence-corrected chi connectivity index (χ0v) is 9.80. The van der Waals surface area contributed by atoms with Crippen LogP contribution in [0.25, 0.3) is 11.4 Å². The first kappa shape index (κ1) is 10.5. The van der Waals surface area contributed by atoms with E-state index in [9.17, 15) is 0 Å². The summed E-state index contributed by atoms with van der Waals surface area (Å²) in [5, 5.41) is 0. The van der Waals surface area contributed by atoms with Crippen molar-refractivity contribution < 1.29 is 0 Å². The summed E-state index contributed by atoms with van der Waals surface area (Å²) >= 11 is 0. The van der Waals surface area contributed by atoms with Crippen LogP contribution in [0.1, 0.15) is 0 Å². The number of nitrogen functional groups attached to an aromatic ring is 1. The summed E-state index contributed by atoms with van der Waals surface area (Å²) in [4.78, 5) is 3.19. The Balaban J connectivity index is 1.90. The summed E-state index contributed by atoms with van der Waals surface area (Å²) in [5.41, 5.74) is 12.9. The Morgan fingerprint density at radius 3 is 2.56 bits per heavy atom. The van der Waals surface area contributed by atoms with Crippen molar-refractivity contribution in [2.75, 3.05) is 11.2 Å². The van der Waals surface area contributed by atoms with Crippen molar-refractivity contribution in [2.24, 2.45) is 0 Å². The second-order valence-corrected chi connectivity index (χ2v) is 4.08. The predicted molar refractivity (Wildman–Crippen MR) is 74.1 cm³/mol. The average Bonchev–Trinajstić information content (AvgIpc) is 3.02. The quantitative estimate of drug-likeness (QED) is 0.614. The van der Waals surface area contributed by atoms with Crippen molar-refractivity contribution in [3.05, 3.63) is 60.9 Å². The molecule has 0 aliphatic heterocycles. The largest absolute Gasteiger partial charge is 0.399 e. The summed E-state index contributed by atoms with van der Waals surface area (Å²) in [6, 6.07) is 15.7. The zero-order chi connectivity index (χ0) is 12.4. The Bertz CT molecular complexity index is 620. The van der Waals surface area contributed by atoms with Gasteiger partial charge in [0.2, 0.25) is 0 Å². The van der Waals surface area contributed by atoms with Gasteiger partial charge in [-0.1, -0.05) is 0 Å². The highest BCUT2D eigenvalue weighted by Gasteiger charge is 2.04. The van der Waals surface area contributed by atoms with Crippen LogP contribution in [0.2, 0.25) is 0 Å². The highest BCUT2D eigenvalue weighted by molar-refractivity contribution is 5.58. The van der Waals surface area contributed by atoms with Gasteiger partial charge in [-0.05, 0) is 48.5 Å². The monoisotopic (exact) mass is 238 g/mol. The van der Waals surface area contributed by atoms with E-state index in [-0.39, 0.29) is 0 Å². The Morgan fingerprint density at radius 2 is 1.83 bits per heavy atom. The minimum atomic E-state index is 0.762. The average molecular weight is 238 g/mol. The minimum Gasteiger partial charge on any atom is -0.399 e. The number of aromatic nitrogens is 2. The van der Waals surface area contributed by atoms with Crippen molar-refractivity contribution in [2.45, 2.75) is 0 Å². The molecule has 2 aromatic heterocycles. The molecular formula is C14H14N4. The number of H-pyrrole nitrogens is 1. The van der Waals surface area contributed by atoms with E-state index in [1.807, 2.05) is 59.5 Å². The number of nitrogens with zero attached hydrogens (tertiary/aromatic N) is 1. The highest BCUT2D eigenvalue weighted by Crippen LogP contribution is 2.19. The van der Waals surface area contributed by atoms with Gasteiger partial charge in [-0.3, -0.25) is 10.1 Å². The molecule has 0 saturated heterocycles. The molecule has 0 fully saturated rings. The van der Waals surface area contributed by atoms with E-state index < -0.39 is 0 Å². The molecule has 18 heavy (non-hydrogen) atoms. The van der Waals surface area contributed by atoms with Gasteiger partial charge in [-0.15, -0.1) is 0 Å². The second kappa shape index (κ2) is 4.33. The Hall–Kier alpha value is -2.62. The summed E-state index contributed by atoms with van der Waals surface area (Å²) in [6.45, 7) is 0. The van der Waals surface area contributed by atoms with Gasteiger partial charge < -0.3 is 10.7 Å². The van der Waals surface area contributed by atoms with E-state index in [1.165, 1.54) is 0 Å². The van der Waals surface area contributed by atoms with E-state index in [0.717, 1.165) is 22.8 Å². The molecule has 1 aromatic carbocycles. The molecule has 0 atom stereocenters. The summed E-state index contributed by atoms with van der Waals surface area (Å²) in [7, 11) is 0. The fourth-order valence-corrected chi connectivity index (χ4v) is 1.88. The third kappa shape index (κ3) is 1.96. The molecular weight excluding hydrogens is 224 g/mol. The summed E-state index contributed by atoms with van der Waals surface area (Å²) < 4.78 is 1.97. The van der Waals surface area contributed by atoms with Crippen molar-refractivity contribution in [3.63, 3.8) is 0 Å². The fraction of sp³-hybridized carbons (Fsp3) is 0. The first-order valence-electron chi connectivity index (χ1n) is 5.76. The molecule has 2 heterocycles. The zero-order valence-electron chi connectivity index (χ0n) is 9.80. The number of nitrogens with two attached hydrogens (primary N) is 1. The number of anilines is 2. The maximum absolute atomic E-state index is 5.67. The lowest BCUT2D eigenvalue weighted by Gasteiger charge is -2.11. The third-order valence-corrected chi connectivity index (χ3v) is 2.78. The molecule has 4 heteroatoms. The Kier molecular flexibility index (Phi) is 2.53. The topological polar surface area (TPSA) is 58.8 Å². The van der Waals surface area contributed by atoms with Crippen LogP contribution in [0.5, 0.6) is 0 Å². The van der Waals surface area contributed by atoms with Crippen LogP contribution in [0.4, 0.5) is 11.4 Å². The Labute approximate surface area is 105 Å². The molecule has 0 saturated carbocycles. The van der Waals surface area contributed by atoms with Gasteiger partial charge in [0.15, 0.2) is 0 Å². The maximum atomic E-state index is 5.67. The predicted octanol–water partition coefficient (Wildman–Crippen LogP) is 2.94.